The van der Waals surface area contributed by atoms with Crippen molar-refractivity contribution in [3.8, 4) is 6.07 Å². The second-order valence-corrected chi connectivity index (χ2v) is 9.21. The first-order valence-corrected chi connectivity index (χ1v) is 11.5. The summed E-state index contributed by atoms with van der Waals surface area (Å²) >= 11 is 5.88. The Kier molecular flexibility index (Phi) is 8.69. The number of esters is 1. The summed E-state index contributed by atoms with van der Waals surface area (Å²) in [7, 11) is -3.89. The molecule has 154 valence electrons. The molecular weight excluding hydrogens is 410 g/mol. The molecule has 29 heavy (non-hydrogen) atoms. The molecule has 0 saturated carbocycles. The van der Waals surface area contributed by atoms with Crippen molar-refractivity contribution >= 4 is 27.4 Å². The first kappa shape index (κ1) is 22.9. The molecule has 0 N–H and O–H groups in total. The number of aryl methyl sites for hydroxylation is 1. The molecule has 2 aromatic carbocycles. The van der Waals surface area contributed by atoms with Gasteiger partial charge in [-0.1, -0.05) is 36.6 Å². The Hall–Kier alpha value is -2.36. The van der Waals surface area contributed by atoms with Crippen molar-refractivity contribution in [2.45, 2.75) is 49.2 Å². The summed E-state index contributed by atoms with van der Waals surface area (Å²) < 4.78 is 30.9. The van der Waals surface area contributed by atoms with E-state index >= 15 is 0 Å². The minimum absolute atomic E-state index is 0.0238. The van der Waals surface area contributed by atoms with E-state index in [1.807, 2.05) is 30.3 Å². The molecule has 0 aliphatic heterocycles. The first-order chi connectivity index (χ1) is 13.9. The standard InChI is InChI=1S/C22H24ClNO4S/c1-2-28-22(25)21(29(26,27)20-14-10-18(16-24)11-15-20)7-5-3-4-6-17-8-12-19(23)13-9-17/h8-15,21H,2-7H2,1H3. The average molecular weight is 434 g/mol. The highest BCUT2D eigenvalue weighted by molar-refractivity contribution is 7.92. The summed E-state index contributed by atoms with van der Waals surface area (Å²) in [6.07, 6.45) is 3.33. The van der Waals surface area contributed by atoms with Crippen LogP contribution >= 0.6 is 11.6 Å². The van der Waals surface area contributed by atoms with Crippen molar-refractivity contribution in [1.82, 2.24) is 0 Å². The van der Waals surface area contributed by atoms with Gasteiger partial charge >= 0.3 is 5.97 Å². The minimum atomic E-state index is -3.89. The van der Waals surface area contributed by atoms with Crippen LogP contribution in [0.3, 0.4) is 0 Å². The van der Waals surface area contributed by atoms with Crippen molar-refractivity contribution in [2.75, 3.05) is 6.61 Å². The van der Waals surface area contributed by atoms with Gasteiger partial charge in [0.15, 0.2) is 15.1 Å². The van der Waals surface area contributed by atoms with Gasteiger partial charge in [-0.3, -0.25) is 4.79 Å². The number of benzene rings is 2. The van der Waals surface area contributed by atoms with Crippen LogP contribution in [-0.4, -0.2) is 26.2 Å². The third kappa shape index (κ3) is 6.59. The van der Waals surface area contributed by atoms with E-state index in [2.05, 4.69) is 0 Å². The maximum Gasteiger partial charge on any atom is 0.324 e. The zero-order valence-electron chi connectivity index (χ0n) is 16.3. The monoisotopic (exact) mass is 433 g/mol. The Labute approximate surface area is 177 Å². The summed E-state index contributed by atoms with van der Waals surface area (Å²) in [6.45, 7) is 1.77. The Morgan fingerprint density at radius 1 is 1.07 bits per heavy atom. The first-order valence-electron chi connectivity index (χ1n) is 9.53. The second-order valence-electron chi connectivity index (χ2n) is 6.65. The molecule has 5 nitrogen and oxygen atoms in total. The van der Waals surface area contributed by atoms with E-state index in [1.54, 1.807) is 6.92 Å². The number of hydrogen-bond donors (Lipinski definition) is 0. The predicted octanol–water partition coefficient (Wildman–Crippen LogP) is 4.72. The quantitative estimate of drug-likeness (QED) is 0.399. The summed E-state index contributed by atoms with van der Waals surface area (Å²) in [5, 5.41) is 8.33. The Morgan fingerprint density at radius 2 is 1.72 bits per heavy atom. The lowest BCUT2D eigenvalue weighted by molar-refractivity contribution is -0.142. The highest BCUT2D eigenvalue weighted by atomic mass is 35.5. The fraction of sp³-hybridized carbons (Fsp3) is 0.364. The van der Waals surface area contributed by atoms with E-state index in [4.69, 9.17) is 21.6 Å². The second kappa shape index (κ2) is 11.0. The van der Waals surface area contributed by atoms with Crippen LogP contribution in [0, 0.1) is 11.3 Å². The number of ether oxygens (including phenoxy) is 1. The average Bonchev–Trinajstić information content (AvgIpc) is 2.72. The van der Waals surface area contributed by atoms with Gasteiger partial charge in [0.2, 0.25) is 0 Å². The molecule has 1 atom stereocenters. The fourth-order valence-corrected chi connectivity index (χ4v) is 4.77. The molecule has 0 spiro atoms. The van der Waals surface area contributed by atoms with Crippen molar-refractivity contribution in [3.63, 3.8) is 0 Å². The van der Waals surface area contributed by atoms with E-state index in [1.165, 1.54) is 29.8 Å². The van der Waals surface area contributed by atoms with E-state index in [9.17, 15) is 13.2 Å². The van der Waals surface area contributed by atoms with E-state index in [0.717, 1.165) is 19.3 Å². The van der Waals surface area contributed by atoms with Crippen LogP contribution < -0.4 is 0 Å². The van der Waals surface area contributed by atoms with Gasteiger partial charge in [-0.25, -0.2) is 8.42 Å². The lowest BCUT2D eigenvalue weighted by Gasteiger charge is -2.16. The zero-order chi connectivity index (χ0) is 21.3. The topological polar surface area (TPSA) is 84.2 Å². The minimum Gasteiger partial charge on any atom is -0.465 e. The third-order valence-electron chi connectivity index (χ3n) is 4.58. The largest absolute Gasteiger partial charge is 0.465 e. The van der Waals surface area contributed by atoms with Gasteiger partial charge in [0.05, 0.1) is 23.1 Å². The SMILES string of the molecule is CCOC(=O)C(CCCCCc1ccc(Cl)cc1)S(=O)(=O)c1ccc(C#N)cc1. The smallest absolute Gasteiger partial charge is 0.324 e. The molecule has 2 rings (SSSR count). The number of nitrogens with zero attached hydrogens (tertiary/aromatic N) is 1. The Morgan fingerprint density at radius 3 is 2.31 bits per heavy atom. The molecule has 0 amide bonds. The highest BCUT2D eigenvalue weighted by Gasteiger charge is 2.34. The molecule has 2 aromatic rings. The molecule has 0 aromatic heterocycles. The molecule has 0 saturated heterocycles. The Balaban J connectivity index is 2.00. The van der Waals surface area contributed by atoms with Crippen molar-refractivity contribution in [3.05, 3.63) is 64.7 Å². The molecule has 0 fully saturated rings. The summed E-state index contributed by atoms with van der Waals surface area (Å²) in [5.41, 5.74) is 1.53. The number of sulfone groups is 1. The Bertz CT molecular complexity index is 948. The zero-order valence-corrected chi connectivity index (χ0v) is 17.9. The van der Waals surface area contributed by atoms with Crippen LogP contribution in [0.4, 0.5) is 0 Å². The maximum atomic E-state index is 13.0. The molecule has 0 radical (unpaired) electrons. The molecule has 0 heterocycles. The molecule has 0 aliphatic rings. The van der Waals surface area contributed by atoms with Crippen LogP contribution in [-0.2, 0) is 25.8 Å². The number of rotatable bonds is 10. The van der Waals surface area contributed by atoms with E-state index < -0.39 is 21.1 Å². The predicted molar refractivity (Wildman–Crippen MR) is 112 cm³/mol. The van der Waals surface area contributed by atoms with Gasteiger partial charge in [-0.05, 0) is 68.1 Å². The summed E-state index contributed by atoms with van der Waals surface area (Å²) in [6, 6.07) is 15.2. The molecule has 0 bridgehead atoms. The molecular formula is C22H24ClNO4S. The maximum absolute atomic E-state index is 13.0. The summed E-state index contributed by atoms with van der Waals surface area (Å²) in [4.78, 5) is 12.4. The van der Waals surface area contributed by atoms with Crippen LogP contribution in [0.15, 0.2) is 53.4 Å². The van der Waals surface area contributed by atoms with Gasteiger partial charge in [0, 0.05) is 5.02 Å². The van der Waals surface area contributed by atoms with Crippen molar-refractivity contribution in [1.29, 1.82) is 5.26 Å². The fourth-order valence-electron chi connectivity index (χ4n) is 3.01. The molecule has 0 aliphatic carbocycles. The van der Waals surface area contributed by atoms with Gasteiger partial charge in [0.1, 0.15) is 0 Å². The molecule has 1 unspecified atom stereocenters. The van der Waals surface area contributed by atoms with Crippen LogP contribution in [0.5, 0.6) is 0 Å². The van der Waals surface area contributed by atoms with Crippen molar-refractivity contribution < 1.29 is 17.9 Å². The number of hydrogen-bond acceptors (Lipinski definition) is 5. The number of halogens is 1. The lowest BCUT2D eigenvalue weighted by atomic mass is 10.1. The number of carbonyl (C=O) groups is 1. The van der Waals surface area contributed by atoms with Crippen LogP contribution in [0.2, 0.25) is 5.02 Å². The number of nitriles is 1. The lowest BCUT2D eigenvalue weighted by Crippen LogP contribution is -2.32. The molecule has 7 heteroatoms. The van der Waals surface area contributed by atoms with E-state index in [-0.39, 0.29) is 17.9 Å². The van der Waals surface area contributed by atoms with Gasteiger partial charge in [-0.15, -0.1) is 0 Å². The van der Waals surface area contributed by atoms with Gasteiger partial charge < -0.3 is 4.74 Å². The summed E-state index contributed by atoms with van der Waals surface area (Å²) in [5.74, 6) is -0.727. The highest BCUT2D eigenvalue weighted by Crippen LogP contribution is 2.23. The van der Waals surface area contributed by atoms with E-state index in [0.29, 0.717) is 17.0 Å². The van der Waals surface area contributed by atoms with Crippen LogP contribution in [0.1, 0.15) is 43.7 Å². The third-order valence-corrected chi connectivity index (χ3v) is 6.94. The van der Waals surface area contributed by atoms with Crippen LogP contribution in [0.25, 0.3) is 0 Å². The van der Waals surface area contributed by atoms with Gasteiger partial charge in [-0.2, -0.15) is 5.26 Å². The van der Waals surface area contributed by atoms with Gasteiger partial charge in [0.25, 0.3) is 0 Å². The van der Waals surface area contributed by atoms with Crippen molar-refractivity contribution in [2.24, 2.45) is 0 Å². The number of unbranched alkanes of at least 4 members (excludes halogenated alkanes) is 2. The normalized spacial score (nSPS) is 12.2. The number of carbonyl (C=O) groups excluding carboxylic acids is 1.